The molecule has 0 amide bonds. The van der Waals surface area contributed by atoms with Crippen LogP contribution in [0.3, 0.4) is 0 Å². The van der Waals surface area contributed by atoms with Crippen LogP contribution in [-0.4, -0.2) is 42.1 Å². The van der Waals surface area contributed by atoms with E-state index in [1.165, 1.54) is 4.31 Å². The Labute approximate surface area is 128 Å². The standard InChI is InChI=1S/C14H28N4O2S/c1-7-18(9-10(2)3)21(19,20)14-13(8-15-11(4)5)12(6)16-17-14/h10-11,15H,7-9H2,1-6H3,(H,16,17). The number of H-pyrrole nitrogens is 1. The van der Waals surface area contributed by atoms with Crippen LogP contribution in [0.25, 0.3) is 0 Å². The summed E-state index contributed by atoms with van der Waals surface area (Å²) in [6.07, 6.45) is 0. The van der Waals surface area contributed by atoms with Crippen molar-refractivity contribution >= 4 is 10.0 Å². The minimum absolute atomic E-state index is 0.149. The Bertz CT molecular complexity index is 549. The summed E-state index contributed by atoms with van der Waals surface area (Å²) in [6.45, 7) is 13.2. The van der Waals surface area contributed by atoms with Gasteiger partial charge in [0.2, 0.25) is 0 Å². The van der Waals surface area contributed by atoms with Crippen LogP contribution in [0.15, 0.2) is 5.03 Å². The third-order valence-corrected chi connectivity index (χ3v) is 5.14. The number of rotatable bonds is 8. The lowest BCUT2D eigenvalue weighted by Crippen LogP contribution is -2.35. The Balaban J connectivity index is 3.13. The van der Waals surface area contributed by atoms with Crippen molar-refractivity contribution in [2.24, 2.45) is 5.92 Å². The molecule has 1 rings (SSSR count). The van der Waals surface area contributed by atoms with Crippen LogP contribution in [0.4, 0.5) is 0 Å². The van der Waals surface area contributed by atoms with E-state index < -0.39 is 10.0 Å². The Morgan fingerprint density at radius 2 is 1.90 bits per heavy atom. The molecule has 1 heterocycles. The summed E-state index contributed by atoms with van der Waals surface area (Å²) in [5.41, 5.74) is 1.52. The normalized spacial score (nSPS) is 12.8. The van der Waals surface area contributed by atoms with Gasteiger partial charge in [-0.15, -0.1) is 0 Å². The fourth-order valence-electron chi connectivity index (χ4n) is 2.08. The fraction of sp³-hybridized carbons (Fsp3) is 0.786. The summed E-state index contributed by atoms with van der Waals surface area (Å²) in [6, 6.07) is 0.285. The van der Waals surface area contributed by atoms with E-state index in [1.54, 1.807) is 0 Å². The molecular formula is C14H28N4O2S. The summed E-state index contributed by atoms with van der Waals surface area (Å²) in [5.74, 6) is 0.275. The van der Waals surface area contributed by atoms with Gasteiger partial charge in [-0.25, -0.2) is 8.42 Å². The van der Waals surface area contributed by atoms with Gasteiger partial charge in [0.15, 0.2) is 5.03 Å². The average Bonchev–Trinajstić information content (AvgIpc) is 2.75. The Morgan fingerprint density at radius 1 is 1.29 bits per heavy atom. The molecule has 1 aromatic heterocycles. The van der Waals surface area contributed by atoms with Crippen LogP contribution >= 0.6 is 0 Å². The Kier molecular flexibility index (Phi) is 6.37. The number of aromatic nitrogens is 2. The van der Waals surface area contributed by atoms with E-state index in [0.29, 0.717) is 19.6 Å². The highest BCUT2D eigenvalue weighted by atomic mass is 32.2. The van der Waals surface area contributed by atoms with E-state index in [1.807, 2.05) is 41.5 Å². The minimum atomic E-state index is -3.55. The monoisotopic (exact) mass is 316 g/mol. The third kappa shape index (κ3) is 4.52. The zero-order valence-electron chi connectivity index (χ0n) is 13.9. The lowest BCUT2D eigenvalue weighted by Gasteiger charge is -2.22. The second-order valence-electron chi connectivity index (χ2n) is 6.02. The molecule has 0 saturated heterocycles. The fourth-order valence-corrected chi connectivity index (χ4v) is 3.86. The van der Waals surface area contributed by atoms with Crippen molar-refractivity contribution in [3.8, 4) is 0 Å². The van der Waals surface area contributed by atoms with E-state index in [2.05, 4.69) is 15.5 Å². The second kappa shape index (κ2) is 7.38. The highest BCUT2D eigenvalue weighted by molar-refractivity contribution is 7.89. The predicted octanol–water partition coefficient (Wildman–Crippen LogP) is 1.88. The van der Waals surface area contributed by atoms with E-state index in [9.17, 15) is 8.42 Å². The first-order valence-corrected chi connectivity index (χ1v) is 8.91. The Morgan fingerprint density at radius 3 is 2.38 bits per heavy atom. The van der Waals surface area contributed by atoms with E-state index in [4.69, 9.17) is 0 Å². The minimum Gasteiger partial charge on any atom is -0.310 e. The molecule has 0 radical (unpaired) electrons. The highest BCUT2D eigenvalue weighted by Gasteiger charge is 2.29. The van der Waals surface area contributed by atoms with Crippen LogP contribution in [0.5, 0.6) is 0 Å². The maximum absolute atomic E-state index is 12.8. The maximum Gasteiger partial charge on any atom is 0.262 e. The van der Waals surface area contributed by atoms with Crippen molar-refractivity contribution in [3.05, 3.63) is 11.3 Å². The predicted molar refractivity (Wildman–Crippen MR) is 84.6 cm³/mol. The van der Waals surface area contributed by atoms with Gasteiger partial charge in [-0.3, -0.25) is 5.10 Å². The van der Waals surface area contributed by atoms with E-state index >= 15 is 0 Å². The third-order valence-electron chi connectivity index (χ3n) is 3.23. The van der Waals surface area contributed by atoms with E-state index in [0.717, 1.165) is 11.3 Å². The van der Waals surface area contributed by atoms with Crippen LogP contribution in [-0.2, 0) is 16.6 Å². The van der Waals surface area contributed by atoms with Crippen LogP contribution in [0, 0.1) is 12.8 Å². The van der Waals surface area contributed by atoms with Crippen molar-refractivity contribution in [1.82, 2.24) is 19.8 Å². The highest BCUT2D eigenvalue weighted by Crippen LogP contribution is 2.21. The molecule has 7 heteroatoms. The molecule has 0 aromatic carbocycles. The van der Waals surface area contributed by atoms with Gasteiger partial charge in [0.1, 0.15) is 0 Å². The first kappa shape index (κ1) is 18.1. The molecule has 0 aliphatic carbocycles. The number of hydrogen-bond acceptors (Lipinski definition) is 4. The molecule has 1 aromatic rings. The van der Waals surface area contributed by atoms with Gasteiger partial charge in [-0.2, -0.15) is 9.40 Å². The molecule has 0 aliphatic rings. The van der Waals surface area contributed by atoms with Gasteiger partial charge >= 0.3 is 0 Å². The molecule has 2 N–H and O–H groups in total. The van der Waals surface area contributed by atoms with Crippen molar-refractivity contribution in [3.63, 3.8) is 0 Å². The summed E-state index contributed by atoms with van der Waals surface area (Å²) in [5, 5.41) is 10.3. The molecule has 0 saturated carbocycles. The number of sulfonamides is 1. The lowest BCUT2D eigenvalue weighted by atomic mass is 10.2. The van der Waals surface area contributed by atoms with Gasteiger partial charge in [0.05, 0.1) is 0 Å². The smallest absolute Gasteiger partial charge is 0.262 e. The van der Waals surface area contributed by atoms with Gasteiger partial charge in [-0.05, 0) is 12.8 Å². The molecular weight excluding hydrogens is 288 g/mol. The molecule has 21 heavy (non-hydrogen) atoms. The number of nitrogens with zero attached hydrogens (tertiary/aromatic N) is 2. The molecule has 6 nitrogen and oxygen atoms in total. The Hall–Kier alpha value is -0.920. The number of nitrogens with one attached hydrogen (secondary N) is 2. The SMILES string of the molecule is CCN(CC(C)C)S(=O)(=O)c1n[nH]c(C)c1CNC(C)C. The molecule has 0 atom stereocenters. The van der Waals surface area contributed by atoms with Gasteiger partial charge < -0.3 is 5.32 Å². The summed E-state index contributed by atoms with van der Waals surface area (Å²) < 4.78 is 27.1. The average molecular weight is 316 g/mol. The number of hydrogen-bond donors (Lipinski definition) is 2. The first-order chi connectivity index (χ1) is 9.70. The summed E-state index contributed by atoms with van der Waals surface area (Å²) >= 11 is 0. The molecule has 122 valence electrons. The van der Waals surface area contributed by atoms with Gasteiger partial charge in [0.25, 0.3) is 10.0 Å². The van der Waals surface area contributed by atoms with Crippen LogP contribution < -0.4 is 5.32 Å². The lowest BCUT2D eigenvalue weighted by molar-refractivity contribution is 0.378. The molecule has 0 aliphatic heterocycles. The van der Waals surface area contributed by atoms with Crippen molar-refractivity contribution < 1.29 is 8.42 Å². The second-order valence-corrected chi connectivity index (χ2v) is 7.87. The maximum atomic E-state index is 12.8. The van der Waals surface area contributed by atoms with Crippen LogP contribution in [0.2, 0.25) is 0 Å². The topological polar surface area (TPSA) is 78.1 Å². The largest absolute Gasteiger partial charge is 0.310 e. The van der Waals surface area contributed by atoms with Gasteiger partial charge in [-0.1, -0.05) is 34.6 Å². The van der Waals surface area contributed by atoms with Gasteiger partial charge in [0, 0.05) is 36.9 Å². The number of aryl methyl sites for hydroxylation is 1. The van der Waals surface area contributed by atoms with Crippen LogP contribution in [0.1, 0.15) is 45.9 Å². The zero-order valence-corrected chi connectivity index (χ0v) is 14.7. The van der Waals surface area contributed by atoms with E-state index in [-0.39, 0.29) is 17.0 Å². The van der Waals surface area contributed by atoms with Crippen molar-refractivity contribution in [2.45, 2.75) is 59.2 Å². The summed E-state index contributed by atoms with van der Waals surface area (Å²) in [4.78, 5) is 0. The quantitative estimate of drug-likeness (QED) is 0.767. The van der Waals surface area contributed by atoms with Crippen molar-refractivity contribution in [1.29, 1.82) is 0 Å². The van der Waals surface area contributed by atoms with Crippen molar-refractivity contribution in [2.75, 3.05) is 13.1 Å². The molecule has 0 spiro atoms. The number of aromatic amines is 1. The molecule has 0 unspecified atom stereocenters. The molecule has 0 bridgehead atoms. The molecule has 0 fully saturated rings. The first-order valence-electron chi connectivity index (χ1n) is 7.47. The summed E-state index contributed by atoms with van der Waals surface area (Å²) in [7, 11) is -3.55. The zero-order chi connectivity index (χ0) is 16.2.